The lowest BCUT2D eigenvalue weighted by atomic mass is 10.1. The Balaban J connectivity index is 1.70. The van der Waals surface area contributed by atoms with Gasteiger partial charge in [-0.25, -0.2) is 9.18 Å². The van der Waals surface area contributed by atoms with Gasteiger partial charge in [0.25, 0.3) is 0 Å². The van der Waals surface area contributed by atoms with Gasteiger partial charge in [-0.05, 0) is 55.7 Å². The summed E-state index contributed by atoms with van der Waals surface area (Å²) >= 11 is 0. The summed E-state index contributed by atoms with van der Waals surface area (Å²) in [6, 6.07) is 7.52. The fourth-order valence-corrected chi connectivity index (χ4v) is 2.52. The van der Waals surface area contributed by atoms with Crippen LogP contribution in [0.25, 0.3) is 0 Å². The van der Waals surface area contributed by atoms with Gasteiger partial charge >= 0.3 is 6.03 Å². The summed E-state index contributed by atoms with van der Waals surface area (Å²) < 4.78 is 18.2. The van der Waals surface area contributed by atoms with E-state index >= 15 is 0 Å². The molecule has 0 fully saturated rings. The van der Waals surface area contributed by atoms with Gasteiger partial charge in [-0.2, -0.15) is 0 Å². The molecule has 6 heteroatoms. The minimum Gasteiger partial charge on any atom is -0.467 e. The molecule has 0 aliphatic rings. The highest BCUT2D eigenvalue weighted by atomic mass is 19.1. The molecule has 24 heavy (non-hydrogen) atoms. The standard InChI is InChI=1S/C18H23FN2O3/c1-12-10-15(19)6-5-14(12)7-8-20-18(23)21-13(2)11-16(22)17-4-3-9-24-17/h3-6,9-10,13,16,22H,7-8,11H2,1-2H3,(H2,20,21,23). The van der Waals surface area contributed by atoms with E-state index in [1.165, 1.54) is 18.4 Å². The minimum absolute atomic E-state index is 0.211. The molecule has 0 saturated heterocycles. The Morgan fingerprint density at radius 2 is 2.17 bits per heavy atom. The van der Waals surface area contributed by atoms with Crippen molar-refractivity contribution in [3.05, 3.63) is 59.3 Å². The molecule has 2 unspecified atom stereocenters. The van der Waals surface area contributed by atoms with Gasteiger partial charge in [-0.1, -0.05) is 6.07 Å². The van der Waals surface area contributed by atoms with Crippen LogP contribution in [-0.4, -0.2) is 23.7 Å². The Hall–Kier alpha value is -2.34. The lowest BCUT2D eigenvalue weighted by molar-refractivity contribution is 0.129. The second-order valence-electron chi connectivity index (χ2n) is 5.89. The van der Waals surface area contributed by atoms with Crippen LogP contribution in [0.15, 0.2) is 41.0 Å². The summed E-state index contributed by atoms with van der Waals surface area (Å²) in [5.74, 6) is 0.224. The molecule has 1 aromatic heterocycles. The van der Waals surface area contributed by atoms with Crippen molar-refractivity contribution in [3.8, 4) is 0 Å². The normalized spacial score (nSPS) is 13.3. The number of halogens is 1. The van der Waals surface area contributed by atoms with E-state index in [1.54, 1.807) is 18.2 Å². The van der Waals surface area contributed by atoms with E-state index in [-0.39, 0.29) is 17.9 Å². The lowest BCUT2D eigenvalue weighted by Gasteiger charge is -2.17. The highest BCUT2D eigenvalue weighted by Gasteiger charge is 2.16. The van der Waals surface area contributed by atoms with Crippen LogP contribution in [0.3, 0.4) is 0 Å². The third kappa shape index (κ3) is 5.38. The van der Waals surface area contributed by atoms with Gasteiger partial charge in [0.05, 0.1) is 6.26 Å². The molecule has 2 atom stereocenters. The Morgan fingerprint density at radius 1 is 1.38 bits per heavy atom. The maximum atomic E-state index is 13.0. The van der Waals surface area contributed by atoms with E-state index in [0.717, 1.165) is 11.1 Å². The lowest BCUT2D eigenvalue weighted by Crippen LogP contribution is -2.42. The monoisotopic (exact) mass is 334 g/mol. The number of aliphatic hydroxyl groups excluding tert-OH is 1. The molecule has 0 aliphatic carbocycles. The first kappa shape index (κ1) is 18.0. The van der Waals surface area contributed by atoms with Gasteiger partial charge in [0.1, 0.15) is 17.7 Å². The molecule has 1 aromatic carbocycles. The van der Waals surface area contributed by atoms with Gasteiger partial charge in [0, 0.05) is 19.0 Å². The molecule has 2 rings (SSSR count). The summed E-state index contributed by atoms with van der Waals surface area (Å²) in [6.07, 6.45) is 1.74. The summed E-state index contributed by atoms with van der Waals surface area (Å²) in [5.41, 5.74) is 1.87. The van der Waals surface area contributed by atoms with Crippen molar-refractivity contribution < 1.29 is 18.7 Å². The van der Waals surface area contributed by atoms with Gasteiger partial charge in [-0.3, -0.25) is 0 Å². The van der Waals surface area contributed by atoms with Crippen molar-refractivity contribution in [1.82, 2.24) is 10.6 Å². The first-order chi connectivity index (χ1) is 11.5. The van der Waals surface area contributed by atoms with Crippen LogP contribution in [0.5, 0.6) is 0 Å². The van der Waals surface area contributed by atoms with Gasteiger partial charge in [0.2, 0.25) is 0 Å². The minimum atomic E-state index is -0.753. The zero-order valence-electron chi connectivity index (χ0n) is 13.9. The third-order valence-corrected chi connectivity index (χ3v) is 3.81. The topological polar surface area (TPSA) is 74.5 Å². The third-order valence-electron chi connectivity index (χ3n) is 3.81. The van der Waals surface area contributed by atoms with Crippen LogP contribution >= 0.6 is 0 Å². The molecule has 130 valence electrons. The first-order valence-corrected chi connectivity index (χ1v) is 7.96. The summed E-state index contributed by atoms with van der Waals surface area (Å²) in [7, 11) is 0. The average Bonchev–Trinajstić information content (AvgIpc) is 3.03. The van der Waals surface area contributed by atoms with E-state index in [1.807, 2.05) is 13.8 Å². The average molecular weight is 334 g/mol. The molecule has 2 amide bonds. The number of carbonyl (C=O) groups is 1. The molecule has 3 N–H and O–H groups in total. The van der Waals surface area contributed by atoms with Crippen molar-refractivity contribution >= 4 is 6.03 Å². The Labute approximate surface area is 140 Å². The van der Waals surface area contributed by atoms with Crippen molar-refractivity contribution in [3.63, 3.8) is 0 Å². The number of rotatable bonds is 7. The number of aliphatic hydroxyl groups is 1. The molecule has 0 saturated carbocycles. The number of hydrogen-bond acceptors (Lipinski definition) is 3. The molecule has 5 nitrogen and oxygen atoms in total. The van der Waals surface area contributed by atoms with Crippen LogP contribution < -0.4 is 10.6 Å². The number of amides is 2. The van der Waals surface area contributed by atoms with Crippen LogP contribution in [0.2, 0.25) is 0 Å². The number of furan rings is 1. The van der Waals surface area contributed by atoms with E-state index in [9.17, 15) is 14.3 Å². The maximum absolute atomic E-state index is 13.0. The SMILES string of the molecule is Cc1cc(F)ccc1CCNC(=O)NC(C)CC(O)c1ccco1. The number of aryl methyl sites for hydroxylation is 1. The largest absolute Gasteiger partial charge is 0.467 e. The summed E-state index contributed by atoms with van der Waals surface area (Å²) in [6.45, 7) is 4.11. The molecular weight excluding hydrogens is 311 g/mol. The Bertz CT molecular complexity index is 658. The van der Waals surface area contributed by atoms with Crippen molar-refractivity contribution in [2.45, 2.75) is 38.8 Å². The summed E-state index contributed by atoms with van der Waals surface area (Å²) in [5, 5.41) is 15.5. The number of nitrogens with one attached hydrogen (secondary N) is 2. The summed E-state index contributed by atoms with van der Waals surface area (Å²) in [4.78, 5) is 11.9. The Kier molecular flexibility index (Phi) is 6.37. The van der Waals surface area contributed by atoms with Gasteiger partial charge < -0.3 is 20.2 Å². The molecule has 0 aliphatic heterocycles. The van der Waals surface area contributed by atoms with E-state index < -0.39 is 6.10 Å². The van der Waals surface area contributed by atoms with Crippen molar-refractivity contribution in [2.24, 2.45) is 0 Å². The number of benzene rings is 1. The van der Waals surface area contributed by atoms with Crippen LogP contribution in [0.4, 0.5) is 9.18 Å². The predicted octanol–water partition coefficient (Wildman–Crippen LogP) is 3.08. The highest BCUT2D eigenvalue weighted by Crippen LogP contribution is 2.18. The zero-order valence-corrected chi connectivity index (χ0v) is 13.9. The molecular formula is C18H23FN2O3. The van der Waals surface area contributed by atoms with E-state index in [4.69, 9.17) is 4.42 Å². The van der Waals surface area contributed by atoms with Crippen molar-refractivity contribution in [1.29, 1.82) is 0 Å². The highest BCUT2D eigenvalue weighted by molar-refractivity contribution is 5.74. The van der Waals surface area contributed by atoms with Crippen LogP contribution in [0.1, 0.15) is 36.3 Å². The predicted molar refractivity (Wildman–Crippen MR) is 89.1 cm³/mol. The van der Waals surface area contributed by atoms with E-state index in [0.29, 0.717) is 25.1 Å². The maximum Gasteiger partial charge on any atom is 0.315 e. The smallest absolute Gasteiger partial charge is 0.315 e. The number of hydrogen-bond donors (Lipinski definition) is 3. The Morgan fingerprint density at radius 3 is 2.83 bits per heavy atom. The van der Waals surface area contributed by atoms with Crippen LogP contribution in [0, 0.1) is 12.7 Å². The second kappa shape index (κ2) is 8.49. The molecule has 0 radical (unpaired) electrons. The fourth-order valence-electron chi connectivity index (χ4n) is 2.52. The van der Waals surface area contributed by atoms with Gasteiger partial charge in [-0.15, -0.1) is 0 Å². The first-order valence-electron chi connectivity index (χ1n) is 7.96. The van der Waals surface area contributed by atoms with E-state index in [2.05, 4.69) is 10.6 Å². The number of urea groups is 1. The van der Waals surface area contributed by atoms with Gasteiger partial charge in [0.15, 0.2) is 0 Å². The molecule has 1 heterocycles. The van der Waals surface area contributed by atoms with Crippen molar-refractivity contribution in [2.75, 3.05) is 6.54 Å². The molecule has 2 aromatic rings. The molecule has 0 spiro atoms. The zero-order chi connectivity index (χ0) is 17.5. The molecule has 0 bridgehead atoms. The quantitative estimate of drug-likeness (QED) is 0.728. The second-order valence-corrected chi connectivity index (χ2v) is 5.89. The number of carbonyl (C=O) groups excluding carboxylic acids is 1. The fraction of sp³-hybridized carbons (Fsp3) is 0.389. The van der Waals surface area contributed by atoms with Crippen LogP contribution in [-0.2, 0) is 6.42 Å².